The van der Waals surface area contributed by atoms with E-state index in [0.717, 1.165) is 22.6 Å². The molecule has 0 aliphatic rings. The molecular formula is C21H22N2O5. The highest BCUT2D eigenvalue weighted by Gasteiger charge is 2.19. The Balaban J connectivity index is 1.67. The van der Waals surface area contributed by atoms with Crippen molar-refractivity contribution in [3.63, 3.8) is 0 Å². The van der Waals surface area contributed by atoms with Gasteiger partial charge in [-0.15, -0.1) is 0 Å². The van der Waals surface area contributed by atoms with E-state index < -0.39 is 11.9 Å². The third kappa shape index (κ3) is 3.98. The minimum absolute atomic E-state index is 0.0540. The molecule has 0 radical (unpaired) electrons. The number of carbonyl (C=O) groups is 2. The Kier molecular flexibility index (Phi) is 5.63. The highest BCUT2D eigenvalue weighted by atomic mass is 16.5. The highest BCUT2D eigenvalue weighted by molar-refractivity contribution is 5.90. The van der Waals surface area contributed by atoms with Crippen molar-refractivity contribution < 1.29 is 23.5 Å². The third-order valence-electron chi connectivity index (χ3n) is 4.51. The lowest BCUT2D eigenvalue weighted by Gasteiger charge is -2.06. The lowest BCUT2D eigenvalue weighted by molar-refractivity contribution is -0.144. The van der Waals surface area contributed by atoms with Gasteiger partial charge in [0.15, 0.2) is 0 Å². The number of aromatic nitrogens is 2. The van der Waals surface area contributed by atoms with Crippen molar-refractivity contribution >= 4 is 11.9 Å². The van der Waals surface area contributed by atoms with Gasteiger partial charge in [0.1, 0.15) is 23.7 Å². The number of para-hydroxylation sites is 1. The second-order valence-electron chi connectivity index (χ2n) is 6.41. The van der Waals surface area contributed by atoms with Crippen molar-refractivity contribution in [3.8, 4) is 5.69 Å². The average Bonchev–Trinajstić information content (AvgIpc) is 3.20. The van der Waals surface area contributed by atoms with Gasteiger partial charge in [0, 0.05) is 11.3 Å². The molecule has 0 bridgehead atoms. The lowest BCUT2D eigenvalue weighted by Crippen LogP contribution is -2.09. The lowest BCUT2D eigenvalue weighted by atomic mass is 10.1. The van der Waals surface area contributed by atoms with E-state index in [-0.39, 0.29) is 13.0 Å². The molecule has 28 heavy (non-hydrogen) atoms. The average molecular weight is 382 g/mol. The number of esters is 2. The van der Waals surface area contributed by atoms with E-state index in [9.17, 15) is 9.59 Å². The fourth-order valence-electron chi connectivity index (χ4n) is 3.03. The monoisotopic (exact) mass is 382 g/mol. The third-order valence-corrected chi connectivity index (χ3v) is 4.51. The molecule has 146 valence electrons. The summed E-state index contributed by atoms with van der Waals surface area (Å²) in [4.78, 5) is 23.9. The molecule has 2 heterocycles. The van der Waals surface area contributed by atoms with Crippen LogP contribution in [-0.4, -0.2) is 28.8 Å². The van der Waals surface area contributed by atoms with E-state index >= 15 is 0 Å². The molecule has 0 saturated heterocycles. The van der Waals surface area contributed by atoms with Crippen LogP contribution in [0.25, 0.3) is 5.69 Å². The van der Waals surface area contributed by atoms with Crippen LogP contribution in [0.2, 0.25) is 0 Å². The molecule has 0 fully saturated rings. The van der Waals surface area contributed by atoms with Crippen LogP contribution < -0.4 is 0 Å². The minimum atomic E-state index is -0.488. The number of hydrogen-bond acceptors (Lipinski definition) is 6. The maximum atomic E-state index is 12.3. The smallest absolute Gasteiger partial charge is 0.341 e. The highest BCUT2D eigenvalue weighted by Crippen LogP contribution is 2.20. The van der Waals surface area contributed by atoms with Crippen LogP contribution in [-0.2, 0) is 27.3 Å². The van der Waals surface area contributed by atoms with Crippen molar-refractivity contribution in [2.45, 2.75) is 33.8 Å². The van der Waals surface area contributed by atoms with Crippen LogP contribution in [0.5, 0.6) is 0 Å². The summed E-state index contributed by atoms with van der Waals surface area (Å²) in [5, 5.41) is 4.53. The zero-order valence-electron chi connectivity index (χ0n) is 16.3. The van der Waals surface area contributed by atoms with Gasteiger partial charge in [-0.2, -0.15) is 5.10 Å². The van der Waals surface area contributed by atoms with Gasteiger partial charge in [0.2, 0.25) is 0 Å². The van der Waals surface area contributed by atoms with Crippen molar-refractivity contribution in [1.82, 2.24) is 9.78 Å². The quantitative estimate of drug-likeness (QED) is 0.607. The maximum absolute atomic E-state index is 12.3. The summed E-state index contributed by atoms with van der Waals surface area (Å²) in [6, 6.07) is 11.3. The van der Waals surface area contributed by atoms with Gasteiger partial charge in [-0.05, 0) is 39.0 Å². The molecule has 0 aliphatic carbocycles. The van der Waals surface area contributed by atoms with Crippen molar-refractivity contribution in [2.24, 2.45) is 0 Å². The Morgan fingerprint density at radius 2 is 1.86 bits per heavy atom. The second kappa shape index (κ2) is 8.12. The van der Waals surface area contributed by atoms with Crippen LogP contribution in [0.3, 0.4) is 0 Å². The number of furan rings is 1. The zero-order valence-corrected chi connectivity index (χ0v) is 16.3. The number of benzene rings is 1. The van der Waals surface area contributed by atoms with Crippen molar-refractivity contribution in [2.75, 3.05) is 7.11 Å². The van der Waals surface area contributed by atoms with Gasteiger partial charge in [-0.25, -0.2) is 9.48 Å². The number of ether oxygens (including phenoxy) is 2. The predicted molar refractivity (Wildman–Crippen MR) is 101 cm³/mol. The Hall–Kier alpha value is -3.35. The summed E-state index contributed by atoms with van der Waals surface area (Å²) in [6.45, 7) is 5.39. The zero-order chi connectivity index (χ0) is 20.3. The van der Waals surface area contributed by atoms with Crippen LogP contribution >= 0.6 is 0 Å². The number of hydrogen-bond donors (Lipinski definition) is 0. The molecule has 0 N–H and O–H groups in total. The fraction of sp³-hybridized carbons (Fsp3) is 0.286. The van der Waals surface area contributed by atoms with Crippen LogP contribution in [0, 0.1) is 20.8 Å². The van der Waals surface area contributed by atoms with Gasteiger partial charge in [0.05, 0.1) is 24.9 Å². The Labute approximate surface area is 162 Å². The second-order valence-corrected chi connectivity index (χ2v) is 6.41. The Morgan fingerprint density at radius 3 is 2.54 bits per heavy atom. The molecular weight excluding hydrogens is 360 g/mol. The largest absolute Gasteiger partial charge is 0.465 e. The molecule has 3 rings (SSSR count). The molecule has 7 heteroatoms. The van der Waals surface area contributed by atoms with E-state index in [1.807, 2.05) is 48.9 Å². The summed E-state index contributed by atoms with van der Waals surface area (Å²) in [5.41, 5.74) is 3.76. The number of methoxy groups -OCH3 is 1. The summed E-state index contributed by atoms with van der Waals surface area (Å²) in [5.74, 6) is -0.0701. The molecule has 0 atom stereocenters. The first-order chi connectivity index (χ1) is 13.4. The van der Waals surface area contributed by atoms with E-state index in [4.69, 9.17) is 9.15 Å². The molecule has 3 aromatic rings. The fourth-order valence-corrected chi connectivity index (χ4v) is 3.03. The molecule has 0 aliphatic heterocycles. The summed E-state index contributed by atoms with van der Waals surface area (Å²) < 4.78 is 17.3. The molecule has 7 nitrogen and oxygen atoms in total. The number of aryl methyl sites for hydroxylation is 2. The Morgan fingerprint density at radius 1 is 1.14 bits per heavy atom. The first kappa shape index (κ1) is 19.4. The van der Waals surface area contributed by atoms with Crippen LogP contribution in [0.4, 0.5) is 0 Å². The summed E-state index contributed by atoms with van der Waals surface area (Å²) in [6.07, 6.45) is 0.105. The summed E-state index contributed by atoms with van der Waals surface area (Å²) in [7, 11) is 1.30. The van der Waals surface area contributed by atoms with E-state index in [1.165, 1.54) is 13.2 Å². The van der Waals surface area contributed by atoms with Gasteiger partial charge in [-0.1, -0.05) is 18.2 Å². The molecule has 1 aromatic carbocycles. The first-order valence-electron chi connectivity index (χ1n) is 8.84. The van der Waals surface area contributed by atoms with E-state index in [1.54, 1.807) is 6.92 Å². The molecule has 2 aromatic heterocycles. The van der Waals surface area contributed by atoms with Crippen LogP contribution in [0.15, 0.2) is 40.8 Å². The topological polar surface area (TPSA) is 83.6 Å². The van der Waals surface area contributed by atoms with Crippen molar-refractivity contribution in [1.29, 1.82) is 0 Å². The number of nitrogens with zero attached hydrogens (tertiary/aromatic N) is 2. The maximum Gasteiger partial charge on any atom is 0.341 e. The normalized spacial score (nSPS) is 10.7. The van der Waals surface area contributed by atoms with E-state index in [2.05, 4.69) is 9.84 Å². The van der Waals surface area contributed by atoms with Crippen molar-refractivity contribution in [3.05, 3.63) is 70.4 Å². The minimum Gasteiger partial charge on any atom is -0.465 e. The van der Waals surface area contributed by atoms with Crippen LogP contribution in [0.1, 0.15) is 38.8 Å². The van der Waals surface area contributed by atoms with Gasteiger partial charge < -0.3 is 13.9 Å². The Bertz CT molecular complexity index is 1000. The first-order valence-corrected chi connectivity index (χ1v) is 8.84. The van der Waals surface area contributed by atoms with Gasteiger partial charge in [0.25, 0.3) is 0 Å². The number of carbonyl (C=O) groups excluding carboxylic acids is 2. The molecule has 0 amide bonds. The standard InChI is InChI=1S/C21H22N2O5/c1-13-18(14(2)23(22-13)16-8-6-5-7-9-16)11-20(24)27-12-17-10-19(15(3)28-17)21(25)26-4/h5-10H,11-12H2,1-4H3. The van der Waals surface area contributed by atoms with Gasteiger partial charge in [-0.3, -0.25) is 4.79 Å². The van der Waals surface area contributed by atoms with Gasteiger partial charge >= 0.3 is 11.9 Å². The molecule has 0 unspecified atom stereocenters. The summed E-state index contributed by atoms with van der Waals surface area (Å²) >= 11 is 0. The number of rotatable bonds is 6. The SMILES string of the molecule is COC(=O)c1cc(COC(=O)Cc2c(C)nn(-c3ccccc3)c2C)oc1C. The molecule has 0 spiro atoms. The van der Waals surface area contributed by atoms with E-state index in [0.29, 0.717) is 17.1 Å². The predicted octanol–water partition coefficient (Wildman–Crippen LogP) is 3.46. The molecule has 0 saturated carbocycles.